The van der Waals surface area contributed by atoms with Gasteiger partial charge in [0.05, 0.1) is 17.1 Å². The molecule has 2 fully saturated rings. The topological polar surface area (TPSA) is 38.1 Å². The Morgan fingerprint density at radius 1 is 1.00 bits per heavy atom. The number of carbonyl (C=O) groups is 1. The van der Waals surface area contributed by atoms with E-state index in [4.69, 9.17) is 4.98 Å². The van der Waals surface area contributed by atoms with E-state index in [1.165, 1.54) is 11.0 Å². The normalized spacial score (nSPS) is 21.6. The van der Waals surface area contributed by atoms with Crippen LogP contribution in [0.2, 0.25) is 0 Å². The highest BCUT2D eigenvalue weighted by Crippen LogP contribution is 2.44. The van der Waals surface area contributed by atoms with Gasteiger partial charge in [-0.05, 0) is 49.6 Å². The van der Waals surface area contributed by atoms with Crippen LogP contribution in [0.15, 0.2) is 40.9 Å². The summed E-state index contributed by atoms with van der Waals surface area (Å²) in [4.78, 5) is 19.0. The highest BCUT2D eigenvalue weighted by atomic mass is 79.9. The molecule has 0 spiro atoms. The minimum Gasteiger partial charge on any atom is -0.323 e. The fourth-order valence-corrected chi connectivity index (χ4v) is 5.23. The fraction of sp³-hybridized carbons (Fsp3) is 0.391. The van der Waals surface area contributed by atoms with Crippen LogP contribution in [0, 0.1) is 11.6 Å². The molecule has 9 heteroatoms. The minimum absolute atomic E-state index is 0.182. The Kier molecular flexibility index (Phi) is 5.27. The van der Waals surface area contributed by atoms with Crippen molar-refractivity contribution in [3.8, 4) is 0 Å². The number of alkyl halides is 2. The average molecular weight is 510 g/mol. The number of rotatable bonds is 3. The van der Waals surface area contributed by atoms with Crippen molar-refractivity contribution in [2.24, 2.45) is 0 Å². The number of fused-ring (bicyclic) bond motifs is 1. The van der Waals surface area contributed by atoms with Crippen LogP contribution < -0.4 is 4.90 Å². The highest BCUT2D eigenvalue weighted by molar-refractivity contribution is 9.10. The summed E-state index contributed by atoms with van der Waals surface area (Å²) in [5, 5.41) is 0. The first-order valence-corrected chi connectivity index (χ1v) is 11.4. The summed E-state index contributed by atoms with van der Waals surface area (Å²) < 4.78 is 57.9. The van der Waals surface area contributed by atoms with Gasteiger partial charge < -0.3 is 9.47 Å². The molecule has 32 heavy (non-hydrogen) atoms. The molecule has 1 aliphatic heterocycles. The predicted molar refractivity (Wildman–Crippen MR) is 116 cm³/mol. The van der Waals surface area contributed by atoms with E-state index in [0.29, 0.717) is 30.6 Å². The first-order chi connectivity index (χ1) is 15.2. The Morgan fingerprint density at radius 2 is 1.75 bits per heavy atom. The van der Waals surface area contributed by atoms with Gasteiger partial charge in [-0.15, -0.1) is 0 Å². The second-order valence-corrected chi connectivity index (χ2v) is 9.39. The number of hydrogen-bond donors (Lipinski definition) is 0. The van der Waals surface area contributed by atoms with Gasteiger partial charge in [-0.1, -0.05) is 15.9 Å². The van der Waals surface area contributed by atoms with Crippen molar-refractivity contribution in [1.82, 2.24) is 9.55 Å². The standard InChI is InChI=1S/C23H20BrF4N3O/c24-13-1-4-19-18(11-13)29-22(31(19)14-7-9-23(27,28)10-8-14)20-5-6-21(32)30(20)15-2-3-16(25)17(26)12-15/h1-4,11-12,14,20H,5-10H2/t20-/m0/s1. The van der Waals surface area contributed by atoms with Crippen LogP contribution in [0.5, 0.6) is 0 Å². The third kappa shape index (κ3) is 3.70. The monoisotopic (exact) mass is 509 g/mol. The van der Waals surface area contributed by atoms with Crippen molar-refractivity contribution in [2.45, 2.75) is 56.5 Å². The van der Waals surface area contributed by atoms with Gasteiger partial charge in [0.15, 0.2) is 11.6 Å². The molecule has 1 saturated carbocycles. The SMILES string of the molecule is O=C1CC[C@@H](c2nc3cc(Br)ccc3n2C2CCC(F)(F)CC2)N1c1ccc(F)c(F)c1. The van der Waals surface area contributed by atoms with Crippen molar-refractivity contribution in [2.75, 3.05) is 4.90 Å². The highest BCUT2D eigenvalue weighted by Gasteiger charge is 2.41. The van der Waals surface area contributed by atoms with Crippen LogP contribution in [0.25, 0.3) is 11.0 Å². The number of aromatic nitrogens is 2. The third-order valence-electron chi connectivity index (χ3n) is 6.42. The fourth-order valence-electron chi connectivity index (χ4n) is 4.88. The molecule has 2 aliphatic rings. The van der Waals surface area contributed by atoms with E-state index < -0.39 is 23.6 Å². The first-order valence-electron chi connectivity index (χ1n) is 10.6. The van der Waals surface area contributed by atoms with E-state index in [1.807, 2.05) is 22.8 Å². The Labute approximate surface area is 190 Å². The maximum absolute atomic E-state index is 13.9. The second-order valence-electron chi connectivity index (χ2n) is 8.48. The maximum Gasteiger partial charge on any atom is 0.248 e. The van der Waals surface area contributed by atoms with Crippen molar-refractivity contribution in [3.63, 3.8) is 0 Å². The molecule has 0 N–H and O–H groups in total. The average Bonchev–Trinajstić information content (AvgIpc) is 3.30. The van der Waals surface area contributed by atoms with E-state index >= 15 is 0 Å². The zero-order valence-electron chi connectivity index (χ0n) is 17.0. The molecule has 4 nitrogen and oxygen atoms in total. The zero-order valence-corrected chi connectivity index (χ0v) is 18.6. The molecular weight excluding hydrogens is 490 g/mol. The van der Waals surface area contributed by atoms with E-state index in [-0.39, 0.29) is 36.9 Å². The number of hydrogen-bond acceptors (Lipinski definition) is 2. The Morgan fingerprint density at radius 3 is 2.47 bits per heavy atom. The number of amides is 1. The Bertz CT molecular complexity index is 1200. The van der Waals surface area contributed by atoms with Gasteiger partial charge in [0.2, 0.25) is 11.8 Å². The van der Waals surface area contributed by atoms with Gasteiger partial charge in [0.1, 0.15) is 5.82 Å². The van der Waals surface area contributed by atoms with Crippen LogP contribution in [0.3, 0.4) is 0 Å². The predicted octanol–water partition coefficient (Wildman–Crippen LogP) is 6.70. The summed E-state index contributed by atoms with van der Waals surface area (Å²) >= 11 is 3.44. The largest absolute Gasteiger partial charge is 0.323 e. The Balaban J connectivity index is 1.62. The summed E-state index contributed by atoms with van der Waals surface area (Å²) in [7, 11) is 0. The van der Waals surface area contributed by atoms with Crippen LogP contribution in [0.1, 0.15) is 56.4 Å². The molecule has 1 aliphatic carbocycles. The molecule has 1 amide bonds. The summed E-state index contributed by atoms with van der Waals surface area (Å²) in [5.41, 5.74) is 1.76. The first kappa shape index (κ1) is 21.4. The molecule has 2 heterocycles. The van der Waals surface area contributed by atoms with Crippen molar-refractivity contribution < 1.29 is 22.4 Å². The summed E-state index contributed by atoms with van der Waals surface area (Å²) in [6.07, 6.45) is 0.874. The van der Waals surface area contributed by atoms with Gasteiger partial charge in [0, 0.05) is 41.5 Å². The molecule has 1 aromatic heterocycles. The number of anilines is 1. The lowest BCUT2D eigenvalue weighted by Gasteiger charge is -2.32. The molecule has 5 rings (SSSR count). The smallest absolute Gasteiger partial charge is 0.248 e. The van der Waals surface area contributed by atoms with E-state index in [9.17, 15) is 22.4 Å². The number of halogens is 5. The van der Waals surface area contributed by atoms with E-state index in [1.54, 1.807) is 0 Å². The summed E-state index contributed by atoms with van der Waals surface area (Å²) in [6.45, 7) is 0. The van der Waals surface area contributed by atoms with Crippen LogP contribution in [-0.4, -0.2) is 21.4 Å². The lowest BCUT2D eigenvalue weighted by atomic mass is 9.91. The van der Waals surface area contributed by atoms with E-state index in [2.05, 4.69) is 15.9 Å². The second kappa shape index (κ2) is 7.86. The molecule has 1 saturated heterocycles. The number of carbonyl (C=O) groups excluding carboxylic acids is 1. The van der Waals surface area contributed by atoms with Gasteiger partial charge in [-0.25, -0.2) is 22.5 Å². The number of nitrogens with zero attached hydrogens (tertiary/aromatic N) is 3. The molecule has 0 radical (unpaired) electrons. The molecule has 0 unspecified atom stereocenters. The van der Waals surface area contributed by atoms with Gasteiger partial charge in [-0.2, -0.15) is 0 Å². The maximum atomic E-state index is 13.9. The van der Waals surface area contributed by atoms with Crippen molar-refractivity contribution in [3.05, 3.63) is 58.3 Å². The van der Waals surface area contributed by atoms with Gasteiger partial charge >= 0.3 is 0 Å². The van der Waals surface area contributed by atoms with Gasteiger partial charge in [-0.3, -0.25) is 4.79 Å². The van der Waals surface area contributed by atoms with E-state index in [0.717, 1.165) is 22.1 Å². The van der Waals surface area contributed by atoms with Crippen molar-refractivity contribution >= 4 is 38.6 Å². The number of benzene rings is 2. The van der Waals surface area contributed by atoms with Crippen LogP contribution in [-0.2, 0) is 4.79 Å². The summed E-state index contributed by atoms with van der Waals surface area (Å²) in [5.74, 6) is -4.32. The van der Waals surface area contributed by atoms with Gasteiger partial charge in [0.25, 0.3) is 0 Å². The quantitative estimate of drug-likeness (QED) is 0.368. The molecule has 168 valence electrons. The van der Waals surface area contributed by atoms with Crippen molar-refractivity contribution in [1.29, 1.82) is 0 Å². The van der Waals surface area contributed by atoms with Crippen LogP contribution >= 0.6 is 15.9 Å². The molecular formula is C23H20BrF4N3O. The minimum atomic E-state index is -2.67. The molecule has 2 aromatic carbocycles. The number of imidazole rings is 1. The zero-order chi connectivity index (χ0) is 22.6. The summed E-state index contributed by atoms with van der Waals surface area (Å²) in [6, 6.07) is 8.31. The molecule has 0 bridgehead atoms. The lowest BCUT2D eigenvalue weighted by molar-refractivity contribution is -0.117. The lowest BCUT2D eigenvalue weighted by Crippen LogP contribution is -2.32. The molecule has 3 aromatic rings. The Hall–Kier alpha value is -2.42. The third-order valence-corrected chi connectivity index (χ3v) is 6.92. The molecule has 1 atom stereocenters. The van der Waals surface area contributed by atoms with Crippen LogP contribution in [0.4, 0.5) is 23.2 Å².